The Morgan fingerprint density at radius 1 is 1.18 bits per heavy atom. The molecule has 0 saturated heterocycles. The molecule has 2 rings (SSSR count). The summed E-state index contributed by atoms with van der Waals surface area (Å²) in [5.74, 6) is -1.66. The maximum atomic E-state index is 14.2. The van der Waals surface area contributed by atoms with Crippen LogP contribution in [0.5, 0.6) is 0 Å². The number of nitrogens with two attached hydrogens (primary N) is 1. The van der Waals surface area contributed by atoms with Crippen LogP contribution in [0.3, 0.4) is 0 Å². The van der Waals surface area contributed by atoms with Crippen molar-refractivity contribution in [2.75, 3.05) is 0 Å². The summed E-state index contributed by atoms with van der Waals surface area (Å²) < 4.78 is 77.0. The molecule has 0 aromatic heterocycles. The minimum atomic E-state index is -5.18. The molecule has 1 aliphatic carbocycles. The third-order valence-corrected chi connectivity index (χ3v) is 3.86. The molecule has 0 aliphatic heterocycles. The summed E-state index contributed by atoms with van der Waals surface area (Å²) in [6.45, 7) is 0. The van der Waals surface area contributed by atoms with Crippen LogP contribution >= 0.6 is 0 Å². The molecule has 0 saturated carbocycles. The molecule has 0 spiro atoms. The number of alkyl halides is 3. The summed E-state index contributed by atoms with van der Waals surface area (Å²) in [6.07, 6.45) is -4.34. The van der Waals surface area contributed by atoms with Crippen molar-refractivity contribution >= 4 is 15.8 Å². The largest absolute Gasteiger partial charge is 0.414 e. The highest BCUT2D eigenvalue weighted by Gasteiger charge is 2.60. The number of hydrogen-bond acceptors (Lipinski definition) is 2. The first-order chi connectivity index (χ1) is 10.1. The Morgan fingerprint density at radius 3 is 2.23 bits per heavy atom. The summed E-state index contributed by atoms with van der Waals surface area (Å²) in [5, 5.41) is 4.60. The predicted molar refractivity (Wildman–Crippen MR) is 73.3 cm³/mol. The monoisotopic (exact) mass is 336 g/mol. The van der Waals surface area contributed by atoms with Gasteiger partial charge in [0.1, 0.15) is 5.83 Å². The van der Waals surface area contributed by atoms with Crippen molar-refractivity contribution < 1.29 is 26.0 Å². The van der Waals surface area contributed by atoms with Crippen LogP contribution in [0.2, 0.25) is 0 Å². The lowest BCUT2D eigenvalue weighted by atomic mass is 9.85. The average molecular weight is 336 g/mol. The van der Waals surface area contributed by atoms with Gasteiger partial charge in [-0.3, -0.25) is 0 Å². The maximum Gasteiger partial charge on any atom is 0.414 e. The predicted octanol–water partition coefficient (Wildman–Crippen LogP) is 2.42. The fraction of sp³-hybridized carbons (Fsp3) is 0.231. The Bertz CT molecular complexity index is 726. The van der Waals surface area contributed by atoms with Gasteiger partial charge in [-0.2, -0.15) is 26.3 Å². The minimum absolute atomic E-state index is 0.231. The summed E-state index contributed by atoms with van der Waals surface area (Å²) in [6, 6.07) is 8.20. The summed E-state index contributed by atoms with van der Waals surface area (Å²) in [4.78, 5) is 0. The lowest BCUT2D eigenvalue weighted by molar-refractivity contribution is -0.183. The number of nitrogens with one attached hydrogen (secondary N) is 1. The fourth-order valence-electron chi connectivity index (χ4n) is 2.15. The van der Waals surface area contributed by atoms with Gasteiger partial charge >= 0.3 is 6.18 Å². The quantitative estimate of drug-likeness (QED) is 0.832. The van der Waals surface area contributed by atoms with Crippen LogP contribution in [0.25, 0.3) is 5.57 Å². The molecule has 3 N–H and O–H groups in total. The molecular formula is C13H12F4N2O2S. The van der Waals surface area contributed by atoms with Crippen LogP contribution in [0.1, 0.15) is 12.0 Å². The third kappa shape index (κ3) is 3.21. The van der Waals surface area contributed by atoms with Gasteiger partial charge in [-0.15, -0.1) is 0 Å². The van der Waals surface area contributed by atoms with E-state index in [9.17, 15) is 26.0 Å². The van der Waals surface area contributed by atoms with E-state index in [4.69, 9.17) is 0 Å². The van der Waals surface area contributed by atoms with Gasteiger partial charge in [0.15, 0.2) is 5.54 Å². The van der Waals surface area contributed by atoms with Crippen LogP contribution in [-0.4, -0.2) is 20.1 Å². The second-order valence-corrected chi connectivity index (χ2v) is 6.07. The average Bonchev–Trinajstić information content (AvgIpc) is 2.39. The zero-order valence-electron chi connectivity index (χ0n) is 11.1. The first kappa shape index (κ1) is 16.7. The molecule has 4 nitrogen and oxygen atoms in total. The Balaban J connectivity index is 2.46. The van der Waals surface area contributed by atoms with Crippen LogP contribution in [0.15, 0.2) is 48.3 Å². The Kier molecular flexibility index (Phi) is 4.16. The maximum absolute atomic E-state index is 14.2. The van der Waals surface area contributed by atoms with E-state index in [0.717, 1.165) is 6.08 Å². The highest BCUT2D eigenvalue weighted by molar-refractivity contribution is 7.87. The summed E-state index contributed by atoms with van der Waals surface area (Å²) in [7, 11) is -4.76. The lowest BCUT2D eigenvalue weighted by Gasteiger charge is -2.35. The molecule has 120 valence electrons. The van der Waals surface area contributed by atoms with E-state index in [0.29, 0.717) is 11.6 Å². The van der Waals surface area contributed by atoms with Crippen molar-refractivity contribution in [2.24, 2.45) is 5.14 Å². The van der Waals surface area contributed by atoms with Gasteiger partial charge in [-0.25, -0.2) is 9.53 Å². The van der Waals surface area contributed by atoms with E-state index < -0.39 is 34.2 Å². The molecular weight excluding hydrogens is 324 g/mol. The standard InChI is InChI=1S/C13H12F4N2O2S/c14-11-8-10(9-4-2-1-3-5-9)6-7-12(11,13(15,16)17)19-22(18,20)21/h1-6,8,19H,7H2,(H2,18,20,21)/t12-/m1/s1. The van der Waals surface area contributed by atoms with Crippen molar-refractivity contribution in [1.82, 2.24) is 4.72 Å². The molecule has 0 amide bonds. The Hall–Kier alpha value is -1.71. The molecule has 0 radical (unpaired) electrons. The van der Waals surface area contributed by atoms with Crippen LogP contribution in [0, 0.1) is 0 Å². The van der Waals surface area contributed by atoms with Gasteiger partial charge in [0, 0.05) is 6.42 Å². The molecule has 0 fully saturated rings. The van der Waals surface area contributed by atoms with Crippen LogP contribution in [0.4, 0.5) is 17.6 Å². The smallest absolute Gasteiger partial charge is 0.216 e. The molecule has 22 heavy (non-hydrogen) atoms. The van der Waals surface area contributed by atoms with Crippen molar-refractivity contribution in [3.63, 3.8) is 0 Å². The number of rotatable bonds is 3. The molecule has 1 aromatic carbocycles. The Labute approximate surface area is 124 Å². The van der Waals surface area contributed by atoms with Gasteiger partial charge in [0.25, 0.3) is 10.2 Å². The van der Waals surface area contributed by atoms with E-state index in [1.165, 1.54) is 4.72 Å². The van der Waals surface area contributed by atoms with E-state index in [2.05, 4.69) is 5.14 Å². The van der Waals surface area contributed by atoms with Crippen molar-refractivity contribution in [1.29, 1.82) is 0 Å². The third-order valence-electron chi connectivity index (χ3n) is 3.23. The number of benzene rings is 1. The zero-order chi connectivity index (χ0) is 16.6. The molecule has 0 bridgehead atoms. The molecule has 0 heterocycles. The highest BCUT2D eigenvalue weighted by Crippen LogP contribution is 2.44. The zero-order valence-corrected chi connectivity index (χ0v) is 11.9. The van der Waals surface area contributed by atoms with Crippen LogP contribution in [-0.2, 0) is 10.2 Å². The van der Waals surface area contributed by atoms with Gasteiger partial charge in [0.2, 0.25) is 0 Å². The summed E-state index contributed by atoms with van der Waals surface area (Å²) in [5.41, 5.74) is -2.63. The number of allylic oxidation sites excluding steroid dienone is 2. The van der Waals surface area contributed by atoms with E-state index in [1.807, 2.05) is 0 Å². The molecule has 1 aliphatic rings. The van der Waals surface area contributed by atoms with Gasteiger partial charge in [0.05, 0.1) is 0 Å². The molecule has 1 atom stereocenters. The van der Waals surface area contributed by atoms with Gasteiger partial charge in [-0.1, -0.05) is 36.4 Å². The molecule has 1 aromatic rings. The van der Waals surface area contributed by atoms with Gasteiger partial charge in [-0.05, 0) is 17.2 Å². The number of hydrogen-bond donors (Lipinski definition) is 2. The fourth-order valence-corrected chi connectivity index (χ4v) is 2.94. The summed E-state index contributed by atoms with van der Waals surface area (Å²) >= 11 is 0. The van der Waals surface area contributed by atoms with Gasteiger partial charge < -0.3 is 0 Å². The second-order valence-electron chi connectivity index (χ2n) is 4.77. The topological polar surface area (TPSA) is 72.2 Å². The first-order valence-corrected chi connectivity index (χ1v) is 7.61. The molecule has 0 unspecified atom stereocenters. The van der Waals surface area contributed by atoms with Crippen molar-refractivity contribution in [3.8, 4) is 0 Å². The first-order valence-electron chi connectivity index (χ1n) is 6.07. The SMILES string of the molecule is NS(=O)(=O)N[C@]1(C(F)(F)F)CC=C(c2ccccc2)C=C1F. The molecule has 9 heteroatoms. The van der Waals surface area contributed by atoms with Crippen LogP contribution < -0.4 is 9.86 Å². The normalized spacial score (nSPS) is 23.0. The van der Waals surface area contributed by atoms with Crippen molar-refractivity contribution in [2.45, 2.75) is 18.1 Å². The second kappa shape index (κ2) is 5.49. The lowest BCUT2D eigenvalue weighted by Crippen LogP contribution is -2.61. The highest BCUT2D eigenvalue weighted by atomic mass is 32.2. The van der Waals surface area contributed by atoms with E-state index >= 15 is 0 Å². The van der Waals surface area contributed by atoms with E-state index in [1.54, 1.807) is 30.3 Å². The minimum Gasteiger partial charge on any atom is -0.216 e. The number of halogens is 4. The van der Waals surface area contributed by atoms with Crippen molar-refractivity contribution in [3.05, 3.63) is 53.9 Å². The van der Waals surface area contributed by atoms with E-state index in [-0.39, 0.29) is 5.57 Å². The Morgan fingerprint density at radius 2 is 1.77 bits per heavy atom.